The first-order chi connectivity index (χ1) is 10.8. The Kier molecular flexibility index (Phi) is 4.33. The lowest BCUT2D eigenvalue weighted by atomic mass is 10.2. The van der Waals surface area contributed by atoms with E-state index in [0.717, 1.165) is 4.57 Å². The Morgan fingerprint density at radius 1 is 1.22 bits per heavy atom. The topological polar surface area (TPSA) is 87.0 Å². The molecular formula is C16H16N2O5. The Morgan fingerprint density at radius 2 is 1.91 bits per heavy atom. The lowest BCUT2D eigenvalue weighted by Gasteiger charge is -2.20. The quantitative estimate of drug-likeness (QED) is 0.482. The fourth-order valence-corrected chi connectivity index (χ4v) is 2.07. The number of isocyanates is 1. The van der Waals surface area contributed by atoms with Crippen LogP contribution >= 0.6 is 0 Å². The monoisotopic (exact) mass is 316 g/mol. The third-order valence-electron chi connectivity index (χ3n) is 2.93. The summed E-state index contributed by atoms with van der Waals surface area (Å²) in [4.78, 5) is 38.4. The van der Waals surface area contributed by atoms with Crippen LogP contribution in [0.5, 0.6) is 0 Å². The van der Waals surface area contributed by atoms with Gasteiger partial charge in [0.05, 0.1) is 18.3 Å². The molecule has 0 spiro atoms. The predicted octanol–water partition coefficient (Wildman–Crippen LogP) is 3.18. The van der Waals surface area contributed by atoms with E-state index in [1.165, 1.54) is 25.3 Å². The first-order valence-electron chi connectivity index (χ1n) is 6.82. The van der Waals surface area contributed by atoms with Gasteiger partial charge in [0, 0.05) is 5.39 Å². The fourth-order valence-electron chi connectivity index (χ4n) is 2.07. The van der Waals surface area contributed by atoms with E-state index in [2.05, 4.69) is 4.99 Å². The number of aliphatic imine (C=N–C) groups is 1. The molecule has 0 saturated carbocycles. The van der Waals surface area contributed by atoms with Crippen LogP contribution in [0.3, 0.4) is 0 Å². The maximum absolute atomic E-state index is 12.5. The third kappa shape index (κ3) is 3.46. The molecule has 0 bridgehead atoms. The van der Waals surface area contributed by atoms with E-state index < -0.39 is 17.7 Å². The van der Waals surface area contributed by atoms with Crippen molar-refractivity contribution < 1.29 is 23.9 Å². The minimum atomic E-state index is -0.736. The highest BCUT2D eigenvalue weighted by Gasteiger charge is 2.25. The minimum absolute atomic E-state index is 0.0315. The van der Waals surface area contributed by atoms with Crippen molar-refractivity contribution in [3.05, 3.63) is 30.0 Å². The van der Waals surface area contributed by atoms with Gasteiger partial charge in [-0.2, -0.15) is 4.99 Å². The number of nitrogens with zero attached hydrogens (tertiary/aromatic N) is 2. The zero-order valence-electron chi connectivity index (χ0n) is 13.2. The van der Waals surface area contributed by atoms with Crippen molar-refractivity contribution in [3.8, 4) is 0 Å². The number of esters is 1. The molecule has 0 aliphatic rings. The molecule has 1 aromatic heterocycles. The molecular weight excluding hydrogens is 300 g/mol. The molecule has 0 aliphatic heterocycles. The number of carbonyl (C=O) groups is 2. The number of ether oxygens (including phenoxy) is 2. The van der Waals surface area contributed by atoms with Gasteiger partial charge in [0.15, 0.2) is 0 Å². The van der Waals surface area contributed by atoms with Crippen molar-refractivity contribution in [2.75, 3.05) is 7.11 Å². The van der Waals surface area contributed by atoms with E-state index in [1.54, 1.807) is 32.9 Å². The molecule has 0 radical (unpaired) electrons. The second-order valence-electron chi connectivity index (χ2n) is 5.78. The fraction of sp³-hybridized carbons (Fsp3) is 0.312. The summed E-state index contributed by atoms with van der Waals surface area (Å²) in [7, 11) is 1.22. The molecule has 2 aromatic rings. The van der Waals surface area contributed by atoms with Crippen molar-refractivity contribution >= 4 is 34.7 Å². The van der Waals surface area contributed by atoms with Gasteiger partial charge in [-0.25, -0.2) is 19.0 Å². The molecule has 0 amide bonds. The van der Waals surface area contributed by atoms with Crippen LogP contribution in [-0.4, -0.2) is 35.4 Å². The summed E-state index contributed by atoms with van der Waals surface area (Å²) in [6.07, 6.45) is 0.712. The summed E-state index contributed by atoms with van der Waals surface area (Å²) in [5.74, 6) is -0.674. The standard InChI is InChI=1S/C16H16N2O5/c1-16(2,3)23-15(21)18-12-8-11(17-9-19)6-5-10(12)7-13(18)14(20)22-4/h5-8H,1-4H3. The molecule has 0 atom stereocenters. The summed E-state index contributed by atoms with van der Waals surface area (Å²) in [6.45, 7) is 5.16. The summed E-state index contributed by atoms with van der Waals surface area (Å²) >= 11 is 0. The molecule has 1 aromatic carbocycles. The summed E-state index contributed by atoms with van der Waals surface area (Å²) < 4.78 is 11.2. The molecule has 7 heteroatoms. The Labute approximate surface area is 132 Å². The van der Waals surface area contributed by atoms with Gasteiger partial charge in [0.1, 0.15) is 11.3 Å². The first kappa shape index (κ1) is 16.5. The highest BCUT2D eigenvalue weighted by atomic mass is 16.6. The van der Waals surface area contributed by atoms with Gasteiger partial charge in [0.2, 0.25) is 6.08 Å². The number of benzene rings is 1. The lowest BCUT2D eigenvalue weighted by Crippen LogP contribution is -2.29. The highest BCUT2D eigenvalue weighted by molar-refractivity contribution is 6.02. The van der Waals surface area contributed by atoms with E-state index in [-0.39, 0.29) is 5.69 Å². The van der Waals surface area contributed by atoms with E-state index in [4.69, 9.17) is 9.47 Å². The van der Waals surface area contributed by atoms with E-state index in [9.17, 15) is 14.4 Å². The average Bonchev–Trinajstić information content (AvgIpc) is 2.83. The molecule has 1 heterocycles. The maximum atomic E-state index is 12.5. The van der Waals surface area contributed by atoms with Crippen LogP contribution < -0.4 is 0 Å². The number of hydrogen-bond donors (Lipinski definition) is 0. The van der Waals surface area contributed by atoms with Gasteiger partial charge in [-0.3, -0.25) is 0 Å². The van der Waals surface area contributed by atoms with Crippen molar-refractivity contribution in [2.24, 2.45) is 4.99 Å². The van der Waals surface area contributed by atoms with E-state index in [1.807, 2.05) is 0 Å². The van der Waals surface area contributed by atoms with Gasteiger partial charge >= 0.3 is 12.1 Å². The van der Waals surface area contributed by atoms with Crippen LogP contribution in [0.25, 0.3) is 10.9 Å². The Hall–Kier alpha value is -2.92. The Morgan fingerprint density at radius 3 is 2.48 bits per heavy atom. The number of aromatic nitrogens is 1. The smallest absolute Gasteiger partial charge is 0.419 e. The molecule has 0 saturated heterocycles. The van der Waals surface area contributed by atoms with Gasteiger partial charge in [-0.1, -0.05) is 6.07 Å². The molecule has 0 aliphatic carbocycles. The van der Waals surface area contributed by atoms with Crippen molar-refractivity contribution in [1.82, 2.24) is 4.57 Å². The molecule has 7 nitrogen and oxygen atoms in total. The molecule has 23 heavy (non-hydrogen) atoms. The van der Waals surface area contributed by atoms with Crippen LogP contribution in [0.1, 0.15) is 31.3 Å². The number of methoxy groups -OCH3 is 1. The summed E-state index contributed by atoms with van der Waals surface area (Å²) in [5, 5.41) is 0.612. The second-order valence-corrected chi connectivity index (χ2v) is 5.78. The Balaban J connectivity index is 2.69. The zero-order valence-corrected chi connectivity index (χ0v) is 13.2. The number of hydrogen-bond acceptors (Lipinski definition) is 6. The average molecular weight is 316 g/mol. The van der Waals surface area contributed by atoms with Crippen LogP contribution in [0.2, 0.25) is 0 Å². The van der Waals surface area contributed by atoms with Crippen LogP contribution in [0.15, 0.2) is 29.3 Å². The SMILES string of the molecule is COC(=O)c1cc2ccc(N=C=O)cc2n1C(=O)OC(C)(C)C. The van der Waals surface area contributed by atoms with Gasteiger partial charge in [0.25, 0.3) is 0 Å². The van der Waals surface area contributed by atoms with Gasteiger partial charge in [-0.15, -0.1) is 0 Å². The minimum Gasteiger partial charge on any atom is -0.464 e. The molecule has 120 valence electrons. The third-order valence-corrected chi connectivity index (χ3v) is 2.93. The van der Waals surface area contributed by atoms with Crippen molar-refractivity contribution in [3.63, 3.8) is 0 Å². The molecule has 2 rings (SSSR count). The lowest BCUT2D eigenvalue weighted by molar-refractivity contribution is 0.0490. The van der Waals surface area contributed by atoms with E-state index in [0.29, 0.717) is 16.6 Å². The van der Waals surface area contributed by atoms with Crippen LogP contribution in [0.4, 0.5) is 10.5 Å². The highest BCUT2D eigenvalue weighted by Crippen LogP contribution is 2.26. The largest absolute Gasteiger partial charge is 0.464 e. The normalized spacial score (nSPS) is 11.0. The molecule has 0 N–H and O–H groups in total. The number of rotatable bonds is 2. The van der Waals surface area contributed by atoms with Gasteiger partial charge < -0.3 is 9.47 Å². The first-order valence-corrected chi connectivity index (χ1v) is 6.82. The molecule has 0 unspecified atom stereocenters. The number of carbonyl (C=O) groups excluding carboxylic acids is 3. The molecule has 0 fully saturated rings. The van der Waals surface area contributed by atoms with Crippen LogP contribution in [0, 0.1) is 0 Å². The van der Waals surface area contributed by atoms with Crippen molar-refractivity contribution in [1.29, 1.82) is 0 Å². The zero-order chi connectivity index (χ0) is 17.2. The van der Waals surface area contributed by atoms with Gasteiger partial charge in [-0.05, 0) is 39.0 Å². The van der Waals surface area contributed by atoms with Crippen LogP contribution in [-0.2, 0) is 14.3 Å². The van der Waals surface area contributed by atoms with Crippen molar-refractivity contribution in [2.45, 2.75) is 26.4 Å². The number of fused-ring (bicyclic) bond motifs is 1. The summed E-state index contributed by atoms with van der Waals surface area (Å²) in [5.41, 5.74) is -0.00782. The Bertz CT molecular complexity index is 823. The second kappa shape index (κ2) is 6.06. The summed E-state index contributed by atoms with van der Waals surface area (Å²) in [6, 6.07) is 6.22. The maximum Gasteiger partial charge on any atom is 0.419 e. The van der Waals surface area contributed by atoms with E-state index >= 15 is 0 Å². The predicted molar refractivity (Wildman–Crippen MR) is 82.7 cm³/mol.